The van der Waals surface area contributed by atoms with Gasteiger partial charge in [-0.05, 0) is 55.5 Å². The number of carbonyl (C=O) groups is 2. The Labute approximate surface area is 217 Å². The van der Waals surface area contributed by atoms with Crippen molar-refractivity contribution >= 4 is 23.2 Å². The van der Waals surface area contributed by atoms with E-state index in [2.05, 4.69) is 22.5 Å². The van der Waals surface area contributed by atoms with Crippen molar-refractivity contribution in [2.45, 2.75) is 77.0 Å². The van der Waals surface area contributed by atoms with Crippen molar-refractivity contribution in [3.05, 3.63) is 81.8 Å². The quantitative estimate of drug-likeness (QED) is 0.317. The van der Waals surface area contributed by atoms with Gasteiger partial charge in [0.1, 0.15) is 23.1 Å². The van der Waals surface area contributed by atoms with Gasteiger partial charge >= 0.3 is 0 Å². The Morgan fingerprint density at radius 2 is 1.64 bits per heavy atom. The van der Waals surface area contributed by atoms with E-state index in [0.29, 0.717) is 17.9 Å². The summed E-state index contributed by atoms with van der Waals surface area (Å²) >= 11 is 1.41. The highest BCUT2D eigenvalue weighted by Crippen LogP contribution is 2.21. The maximum absolute atomic E-state index is 12.9. The van der Waals surface area contributed by atoms with E-state index in [1.807, 2.05) is 54.6 Å². The number of benzene rings is 2. The van der Waals surface area contributed by atoms with E-state index in [1.54, 1.807) is 5.38 Å². The van der Waals surface area contributed by atoms with Crippen molar-refractivity contribution in [3.63, 3.8) is 0 Å². The molecule has 4 rings (SSSR count). The lowest BCUT2D eigenvalue weighted by Gasteiger charge is -2.32. The van der Waals surface area contributed by atoms with Gasteiger partial charge in [-0.2, -0.15) is 0 Å². The number of nitrogens with one attached hydrogen (secondary N) is 2. The standard InChI is InChI=1S/C29H35N3O3S/c1-2-3-5-10-21-15-17-22(18-16-21)28(33)31-24-13-8-9-14-25(24)32-29(34)26-20-36-27(30-26)19-35-23-11-6-4-7-12-23/h4,6-7,11-12,15-18,20,24-25H,2-3,5,8-10,13-14,19H2,1H3,(H,31,33)(H,32,34)/t24-,25+/m1/s1. The lowest BCUT2D eigenvalue weighted by molar-refractivity contribution is 0.0860. The maximum atomic E-state index is 12.9. The van der Waals surface area contributed by atoms with Crippen molar-refractivity contribution < 1.29 is 14.3 Å². The minimum absolute atomic E-state index is 0.0877. The molecule has 0 bridgehead atoms. The van der Waals surface area contributed by atoms with E-state index in [4.69, 9.17) is 4.74 Å². The molecule has 1 heterocycles. The Morgan fingerprint density at radius 3 is 2.33 bits per heavy atom. The van der Waals surface area contributed by atoms with Crippen LogP contribution in [0.1, 0.15) is 83.3 Å². The number of rotatable bonds is 11. The van der Waals surface area contributed by atoms with Gasteiger partial charge in [-0.1, -0.05) is 62.9 Å². The summed E-state index contributed by atoms with van der Waals surface area (Å²) in [5.41, 5.74) is 2.31. The van der Waals surface area contributed by atoms with Gasteiger partial charge in [0, 0.05) is 23.0 Å². The lowest BCUT2D eigenvalue weighted by atomic mass is 9.90. The fourth-order valence-electron chi connectivity index (χ4n) is 4.52. The minimum Gasteiger partial charge on any atom is -0.486 e. The smallest absolute Gasteiger partial charge is 0.271 e. The molecule has 2 aromatic carbocycles. The van der Waals surface area contributed by atoms with Gasteiger partial charge < -0.3 is 15.4 Å². The summed E-state index contributed by atoms with van der Waals surface area (Å²) < 4.78 is 5.74. The van der Waals surface area contributed by atoms with Crippen LogP contribution in [0.25, 0.3) is 0 Å². The fraction of sp³-hybridized carbons (Fsp3) is 0.414. The van der Waals surface area contributed by atoms with Crippen LogP contribution in [0.15, 0.2) is 60.0 Å². The summed E-state index contributed by atoms with van der Waals surface area (Å²) in [6.07, 6.45) is 8.38. The molecule has 0 saturated heterocycles. The zero-order valence-electron chi connectivity index (χ0n) is 20.9. The molecule has 3 aromatic rings. The van der Waals surface area contributed by atoms with Crippen molar-refractivity contribution in [1.29, 1.82) is 0 Å². The van der Waals surface area contributed by atoms with Crippen molar-refractivity contribution in [1.82, 2.24) is 15.6 Å². The topological polar surface area (TPSA) is 80.3 Å². The zero-order valence-corrected chi connectivity index (χ0v) is 21.7. The summed E-state index contributed by atoms with van der Waals surface area (Å²) in [5.74, 6) is 0.473. The van der Waals surface area contributed by atoms with Gasteiger partial charge in [0.05, 0.1) is 0 Å². The highest BCUT2D eigenvalue weighted by Gasteiger charge is 2.29. The van der Waals surface area contributed by atoms with Gasteiger partial charge in [0.2, 0.25) is 0 Å². The third kappa shape index (κ3) is 7.40. The predicted octanol–water partition coefficient (Wildman–Crippen LogP) is 5.93. The van der Waals surface area contributed by atoms with E-state index in [1.165, 1.54) is 36.2 Å². The van der Waals surface area contributed by atoms with Gasteiger partial charge in [-0.25, -0.2) is 4.98 Å². The van der Waals surface area contributed by atoms with Crippen LogP contribution in [-0.4, -0.2) is 28.9 Å². The number of nitrogens with zero attached hydrogens (tertiary/aromatic N) is 1. The van der Waals surface area contributed by atoms with Crippen molar-refractivity contribution in [2.75, 3.05) is 0 Å². The summed E-state index contributed by atoms with van der Waals surface area (Å²) in [6.45, 7) is 2.52. The average molecular weight is 506 g/mol. The van der Waals surface area contributed by atoms with Crippen LogP contribution in [0.3, 0.4) is 0 Å². The van der Waals surface area contributed by atoms with E-state index < -0.39 is 0 Å². The molecule has 0 unspecified atom stereocenters. The maximum Gasteiger partial charge on any atom is 0.271 e. The fourth-order valence-corrected chi connectivity index (χ4v) is 5.20. The minimum atomic E-state index is -0.209. The number of aromatic nitrogens is 1. The molecule has 2 N–H and O–H groups in total. The molecule has 2 amide bonds. The molecule has 1 saturated carbocycles. The lowest BCUT2D eigenvalue weighted by Crippen LogP contribution is -2.53. The summed E-state index contributed by atoms with van der Waals surface area (Å²) in [5, 5.41) is 8.79. The first kappa shape index (κ1) is 25.9. The third-order valence-electron chi connectivity index (χ3n) is 6.57. The molecule has 0 aliphatic heterocycles. The molecule has 7 heteroatoms. The van der Waals surface area contributed by atoms with Gasteiger partial charge in [-0.15, -0.1) is 11.3 Å². The Bertz CT molecular complexity index is 1110. The molecule has 2 atom stereocenters. The van der Waals surface area contributed by atoms with Crippen LogP contribution in [0.5, 0.6) is 5.75 Å². The molecule has 6 nitrogen and oxygen atoms in total. The number of para-hydroxylation sites is 1. The van der Waals surface area contributed by atoms with Crippen LogP contribution < -0.4 is 15.4 Å². The molecular formula is C29H35N3O3S. The van der Waals surface area contributed by atoms with Gasteiger partial charge in [0.25, 0.3) is 11.8 Å². The number of carbonyl (C=O) groups excluding carboxylic acids is 2. The number of hydrogen-bond donors (Lipinski definition) is 2. The number of ether oxygens (including phenoxy) is 1. The summed E-state index contributed by atoms with van der Waals surface area (Å²) in [4.78, 5) is 30.3. The Morgan fingerprint density at radius 1 is 0.944 bits per heavy atom. The number of hydrogen-bond acceptors (Lipinski definition) is 5. The van der Waals surface area contributed by atoms with E-state index >= 15 is 0 Å². The third-order valence-corrected chi connectivity index (χ3v) is 7.40. The number of thiazole rings is 1. The predicted molar refractivity (Wildman–Crippen MR) is 144 cm³/mol. The highest BCUT2D eigenvalue weighted by atomic mass is 32.1. The molecule has 36 heavy (non-hydrogen) atoms. The van der Waals surface area contributed by atoms with Crippen LogP contribution in [0, 0.1) is 0 Å². The zero-order chi connectivity index (χ0) is 25.2. The number of unbranched alkanes of at least 4 members (excludes halogenated alkanes) is 2. The monoisotopic (exact) mass is 505 g/mol. The molecule has 0 radical (unpaired) electrons. The van der Waals surface area contributed by atoms with E-state index in [0.717, 1.165) is 42.9 Å². The Balaban J connectivity index is 1.30. The van der Waals surface area contributed by atoms with Crippen molar-refractivity contribution in [2.24, 2.45) is 0 Å². The van der Waals surface area contributed by atoms with Gasteiger partial charge in [-0.3, -0.25) is 9.59 Å². The van der Waals surface area contributed by atoms with Gasteiger partial charge in [0.15, 0.2) is 0 Å². The largest absolute Gasteiger partial charge is 0.486 e. The van der Waals surface area contributed by atoms with E-state index in [9.17, 15) is 9.59 Å². The molecule has 1 aromatic heterocycles. The molecule has 190 valence electrons. The number of aryl methyl sites for hydroxylation is 1. The average Bonchev–Trinajstić information content (AvgIpc) is 3.39. The number of amides is 2. The molecule has 0 spiro atoms. The molecule has 1 aliphatic carbocycles. The molecule has 1 fully saturated rings. The van der Waals surface area contributed by atoms with Crippen LogP contribution in [0.2, 0.25) is 0 Å². The highest BCUT2D eigenvalue weighted by molar-refractivity contribution is 7.09. The van der Waals surface area contributed by atoms with Crippen molar-refractivity contribution in [3.8, 4) is 5.75 Å². The summed E-state index contributed by atoms with van der Waals surface area (Å²) in [6, 6.07) is 17.2. The normalized spacial score (nSPS) is 17.4. The Hall–Kier alpha value is -3.19. The van der Waals surface area contributed by atoms with E-state index in [-0.39, 0.29) is 23.9 Å². The first-order valence-corrected chi connectivity index (χ1v) is 13.8. The molecule has 1 aliphatic rings. The second-order valence-corrected chi connectivity index (χ2v) is 10.3. The van der Waals surface area contributed by atoms with Crippen LogP contribution >= 0.6 is 11.3 Å². The van der Waals surface area contributed by atoms with Crippen LogP contribution in [0.4, 0.5) is 0 Å². The first-order valence-electron chi connectivity index (χ1n) is 13.0. The SMILES string of the molecule is CCCCCc1ccc(C(=O)N[C@@H]2CCCC[C@@H]2NC(=O)c2csc(COc3ccccc3)n2)cc1. The van der Waals surface area contributed by atoms with Crippen LogP contribution in [-0.2, 0) is 13.0 Å². The second kappa shape index (κ2) is 13.2. The Kier molecular flexibility index (Phi) is 9.50. The summed E-state index contributed by atoms with van der Waals surface area (Å²) in [7, 11) is 0. The molecular weight excluding hydrogens is 470 g/mol. The first-order chi connectivity index (χ1) is 17.6. The second-order valence-electron chi connectivity index (χ2n) is 9.33.